The van der Waals surface area contributed by atoms with Crippen LogP contribution in [0.15, 0.2) is 30.3 Å². The molecule has 0 unspecified atom stereocenters. The van der Waals surface area contributed by atoms with E-state index >= 15 is 0 Å². The van der Waals surface area contributed by atoms with Crippen molar-refractivity contribution in [2.45, 2.75) is 32.5 Å². The van der Waals surface area contributed by atoms with Gasteiger partial charge in [-0.15, -0.1) is 0 Å². The van der Waals surface area contributed by atoms with Crippen molar-refractivity contribution in [1.29, 1.82) is 0 Å². The predicted molar refractivity (Wildman–Crippen MR) is 63.8 cm³/mol. The van der Waals surface area contributed by atoms with Gasteiger partial charge in [0.2, 0.25) is 0 Å². The maximum Gasteiger partial charge on any atom is 0.0928 e. The van der Waals surface area contributed by atoms with Gasteiger partial charge in [0.15, 0.2) is 0 Å². The van der Waals surface area contributed by atoms with Crippen LogP contribution in [0.25, 0.3) is 0 Å². The summed E-state index contributed by atoms with van der Waals surface area (Å²) in [6, 6.07) is 10.3. The van der Waals surface area contributed by atoms with Crippen molar-refractivity contribution >= 4 is 15.9 Å². The zero-order valence-electron chi connectivity index (χ0n) is 8.96. The van der Waals surface area contributed by atoms with Gasteiger partial charge in [-0.25, -0.2) is 0 Å². The van der Waals surface area contributed by atoms with Crippen molar-refractivity contribution in [2.75, 3.05) is 5.33 Å². The molecule has 0 aliphatic carbocycles. The molecule has 14 heavy (non-hydrogen) atoms. The molecule has 0 radical (unpaired) electrons. The summed E-state index contributed by atoms with van der Waals surface area (Å²) in [5.74, 6) is 0. The summed E-state index contributed by atoms with van der Waals surface area (Å²) >= 11 is 3.48. The van der Waals surface area contributed by atoms with Gasteiger partial charge >= 0.3 is 0 Å². The van der Waals surface area contributed by atoms with Crippen molar-refractivity contribution in [2.24, 2.45) is 0 Å². The minimum absolute atomic E-state index is 0.103. The summed E-state index contributed by atoms with van der Waals surface area (Å²) in [6.45, 7) is 6.22. The SMILES string of the molecule is CC(C)(C)O[C@H](CBr)c1ccccc1. The molecule has 0 bridgehead atoms. The third kappa shape index (κ3) is 3.81. The smallest absolute Gasteiger partial charge is 0.0928 e. The number of halogens is 1. The molecule has 0 aliphatic rings. The second-order valence-corrected chi connectivity index (χ2v) is 4.93. The van der Waals surface area contributed by atoms with Crippen molar-refractivity contribution in [1.82, 2.24) is 0 Å². The van der Waals surface area contributed by atoms with E-state index < -0.39 is 0 Å². The summed E-state index contributed by atoms with van der Waals surface area (Å²) in [6.07, 6.45) is 0.135. The van der Waals surface area contributed by atoms with Gasteiger partial charge in [0.05, 0.1) is 11.7 Å². The Labute approximate surface area is 94.6 Å². The van der Waals surface area contributed by atoms with Crippen LogP contribution in [-0.2, 0) is 4.74 Å². The number of ether oxygens (including phenoxy) is 1. The first-order valence-corrected chi connectivity index (χ1v) is 5.94. The van der Waals surface area contributed by atoms with Crippen molar-refractivity contribution < 1.29 is 4.74 Å². The van der Waals surface area contributed by atoms with Gasteiger partial charge in [-0.2, -0.15) is 0 Å². The van der Waals surface area contributed by atoms with Crippen LogP contribution in [0, 0.1) is 0 Å². The molecule has 1 nitrogen and oxygen atoms in total. The molecule has 0 aliphatic heterocycles. The summed E-state index contributed by atoms with van der Waals surface area (Å²) in [7, 11) is 0. The Morgan fingerprint density at radius 3 is 2.21 bits per heavy atom. The summed E-state index contributed by atoms with van der Waals surface area (Å²) in [5, 5.41) is 0.828. The van der Waals surface area contributed by atoms with Crippen molar-refractivity contribution in [3.05, 3.63) is 35.9 Å². The molecule has 0 saturated carbocycles. The van der Waals surface area contributed by atoms with Gasteiger partial charge in [-0.3, -0.25) is 0 Å². The van der Waals surface area contributed by atoms with Gasteiger partial charge in [-0.05, 0) is 26.3 Å². The summed E-state index contributed by atoms with van der Waals surface area (Å²) in [4.78, 5) is 0. The van der Waals surface area contributed by atoms with Crippen LogP contribution in [0.2, 0.25) is 0 Å². The van der Waals surface area contributed by atoms with E-state index in [0.717, 1.165) is 5.33 Å². The fourth-order valence-corrected chi connectivity index (χ4v) is 1.79. The van der Waals surface area contributed by atoms with E-state index in [1.165, 1.54) is 5.56 Å². The second kappa shape index (κ2) is 4.94. The number of alkyl halides is 1. The monoisotopic (exact) mass is 256 g/mol. The highest BCUT2D eigenvalue weighted by molar-refractivity contribution is 9.09. The lowest BCUT2D eigenvalue weighted by atomic mass is 10.1. The molecule has 0 spiro atoms. The molecule has 1 aromatic rings. The van der Waals surface area contributed by atoms with E-state index in [9.17, 15) is 0 Å². The molecule has 0 heterocycles. The molecule has 1 rings (SSSR count). The van der Waals surface area contributed by atoms with E-state index in [-0.39, 0.29) is 11.7 Å². The van der Waals surface area contributed by atoms with Gasteiger partial charge in [0, 0.05) is 5.33 Å². The quantitative estimate of drug-likeness (QED) is 0.745. The number of hydrogen-bond acceptors (Lipinski definition) is 1. The number of rotatable bonds is 3. The largest absolute Gasteiger partial charge is 0.367 e. The van der Waals surface area contributed by atoms with E-state index in [2.05, 4.69) is 48.8 Å². The summed E-state index contributed by atoms with van der Waals surface area (Å²) in [5.41, 5.74) is 1.12. The second-order valence-electron chi connectivity index (χ2n) is 4.28. The molecule has 0 fully saturated rings. The lowest BCUT2D eigenvalue weighted by molar-refractivity contribution is -0.0501. The number of hydrogen-bond donors (Lipinski definition) is 0. The maximum atomic E-state index is 5.93. The molecule has 78 valence electrons. The lowest BCUT2D eigenvalue weighted by Crippen LogP contribution is -2.23. The van der Waals surface area contributed by atoms with Crippen LogP contribution >= 0.6 is 15.9 Å². The Morgan fingerprint density at radius 2 is 1.79 bits per heavy atom. The van der Waals surface area contributed by atoms with Crippen LogP contribution in [0.1, 0.15) is 32.4 Å². The van der Waals surface area contributed by atoms with Crippen LogP contribution in [0.4, 0.5) is 0 Å². The standard InChI is InChI=1S/C12H17BrO/c1-12(2,3)14-11(9-13)10-7-5-4-6-8-10/h4-8,11H,9H2,1-3H3/t11-/m1/s1. The van der Waals surface area contributed by atoms with Crippen LogP contribution < -0.4 is 0 Å². The van der Waals surface area contributed by atoms with E-state index in [1.807, 2.05) is 18.2 Å². The first-order valence-electron chi connectivity index (χ1n) is 4.81. The molecular weight excluding hydrogens is 240 g/mol. The third-order valence-corrected chi connectivity index (χ3v) is 2.40. The fourth-order valence-electron chi connectivity index (χ4n) is 1.28. The summed E-state index contributed by atoms with van der Waals surface area (Å²) < 4.78 is 5.93. The minimum atomic E-state index is -0.103. The highest BCUT2D eigenvalue weighted by Gasteiger charge is 2.18. The Hall–Kier alpha value is -0.340. The topological polar surface area (TPSA) is 9.23 Å². The van der Waals surface area contributed by atoms with Gasteiger partial charge in [0.25, 0.3) is 0 Å². The fraction of sp³-hybridized carbons (Fsp3) is 0.500. The molecule has 1 aromatic carbocycles. The molecule has 0 aromatic heterocycles. The van der Waals surface area contributed by atoms with Crippen LogP contribution in [0.3, 0.4) is 0 Å². The zero-order chi connectivity index (χ0) is 10.6. The average Bonchev–Trinajstić information content (AvgIpc) is 2.14. The molecule has 0 saturated heterocycles. The first kappa shape index (κ1) is 11.7. The molecule has 2 heteroatoms. The van der Waals surface area contributed by atoms with Crippen molar-refractivity contribution in [3.63, 3.8) is 0 Å². The molecular formula is C12H17BrO. The van der Waals surface area contributed by atoms with Gasteiger partial charge < -0.3 is 4.74 Å². The molecule has 1 atom stereocenters. The van der Waals surface area contributed by atoms with E-state index in [0.29, 0.717) is 0 Å². The Kier molecular flexibility index (Phi) is 4.14. The lowest BCUT2D eigenvalue weighted by Gasteiger charge is -2.26. The first-order chi connectivity index (χ1) is 6.53. The Bertz CT molecular complexity index is 263. The highest BCUT2D eigenvalue weighted by Crippen LogP contribution is 2.25. The number of benzene rings is 1. The van der Waals surface area contributed by atoms with E-state index in [4.69, 9.17) is 4.74 Å². The Balaban J connectivity index is 2.73. The minimum Gasteiger partial charge on any atom is -0.367 e. The van der Waals surface area contributed by atoms with Crippen LogP contribution in [-0.4, -0.2) is 10.9 Å². The normalized spacial score (nSPS) is 14.0. The van der Waals surface area contributed by atoms with Crippen LogP contribution in [0.5, 0.6) is 0 Å². The van der Waals surface area contributed by atoms with Gasteiger partial charge in [0.1, 0.15) is 0 Å². The average molecular weight is 257 g/mol. The zero-order valence-corrected chi connectivity index (χ0v) is 10.5. The third-order valence-electron chi connectivity index (χ3n) is 1.81. The molecule has 0 amide bonds. The predicted octanol–water partition coefficient (Wildman–Crippen LogP) is 3.94. The highest BCUT2D eigenvalue weighted by atomic mass is 79.9. The molecule has 0 N–H and O–H groups in total. The Morgan fingerprint density at radius 1 is 1.21 bits per heavy atom. The van der Waals surface area contributed by atoms with Gasteiger partial charge in [-0.1, -0.05) is 46.3 Å². The van der Waals surface area contributed by atoms with E-state index in [1.54, 1.807) is 0 Å². The maximum absolute atomic E-state index is 5.93. The van der Waals surface area contributed by atoms with Crippen molar-refractivity contribution in [3.8, 4) is 0 Å².